The van der Waals surface area contributed by atoms with Crippen molar-refractivity contribution in [3.63, 3.8) is 0 Å². The first kappa shape index (κ1) is 23.1. The molecule has 1 aromatic carbocycles. The number of fused-ring (bicyclic) bond motifs is 1. The van der Waals surface area contributed by atoms with Crippen molar-refractivity contribution in [1.82, 2.24) is 19.2 Å². The molecule has 11 heteroatoms. The van der Waals surface area contributed by atoms with Gasteiger partial charge in [-0.2, -0.15) is 0 Å². The molecule has 3 heterocycles. The third-order valence-electron chi connectivity index (χ3n) is 5.31. The molecule has 0 radical (unpaired) electrons. The van der Waals surface area contributed by atoms with E-state index in [0.29, 0.717) is 29.4 Å². The van der Waals surface area contributed by atoms with Crippen LogP contribution >= 0.6 is 11.6 Å². The highest BCUT2D eigenvalue weighted by molar-refractivity contribution is 6.30. The van der Waals surface area contributed by atoms with Crippen molar-refractivity contribution in [2.75, 3.05) is 24.4 Å². The lowest BCUT2D eigenvalue weighted by Gasteiger charge is -2.21. The van der Waals surface area contributed by atoms with Gasteiger partial charge in [0, 0.05) is 32.4 Å². The van der Waals surface area contributed by atoms with Crippen LogP contribution in [0.4, 0.5) is 17.2 Å². The fourth-order valence-electron chi connectivity index (χ4n) is 3.59. The van der Waals surface area contributed by atoms with Gasteiger partial charge in [0.1, 0.15) is 11.4 Å². The van der Waals surface area contributed by atoms with E-state index in [4.69, 9.17) is 16.3 Å². The number of nitrogens with zero attached hydrogens (tertiary/aromatic N) is 5. The van der Waals surface area contributed by atoms with Gasteiger partial charge in [-0.1, -0.05) is 23.7 Å². The van der Waals surface area contributed by atoms with Crippen molar-refractivity contribution in [3.8, 4) is 5.75 Å². The maximum Gasteiger partial charge on any atom is 0.356 e. The van der Waals surface area contributed by atoms with Crippen LogP contribution in [-0.4, -0.2) is 44.4 Å². The van der Waals surface area contributed by atoms with Crippen molar-refractivity contribution in [2.24, 2.45) is 0 Å². The molecular formula is C23H23ClN6O4. The third-order valence-corrected chi connectivity index (χ3v) is 5.52. The minimum absolute atomic E-state index is 0.102. The maximum absolute atomic E-state index is 12.7. The van der Waals surface area contributed by atoms with E-state index in [9.17, 15) is 14.7 Å². The molecule has 3 aromatic heterocycles. The quantitative estimate of drug-likeness (QED) is 0.391. The summed E-state index contributed by atoms with van der Waals surface area (Å²) in [4.78, 5) is 30.7. The predicted octanol–water partition coefficient (Wildman–Crippen LogP) is 3.65. The van der Waals surface area contributed by atoms with Crippen molar-refractivity contribution in [1.29, 1.82) is 0 Å². The van der Waals surface area contributed by atoms with Crippen molar-refractivity contribution in [3.05, 3.63) is 75.4 Å². The van der Waals surface area contributed by atoms with E-state index < -0.39 is 5.97 Å². The molecule has 0 saturated heterocycles. The summed E-state index contributed by atoms with van der Waals surface area (Å²) in [5.74, 6) is -0.147. The molecular weight excluding hydrogens is 460 g/mol. The summed E-state index contributed by atoms with van der Waals surface area (Å²) < 4.78 is 7.93. The van der Waals surface area contributed by atoms with Gasteiger partial charge in [0.2, 0.25) is 0 Å². The summed E-state index contributed by atoms with van der Waals surface area (Å²) in [5, 5.41) is 17.4. The number of nitrogens with one attached hydrogen (secondary N) is 1. The molecule has 0 aliphatic rings. The molecule has 2 N–H and O–H groups in total. The van der Waals surface area contributed by atoms with Crippen molar-refractivity contribution in [2.45, 2.75) is 20.0 Å². The number of carboxylic acids is 1. The number of aromatic carboxylic acids is 1. The second-order valence-corrected chi connectivity index (χ2v) is 8.03. The number of hydrogen-bond acceptors (Lipinski definition) is 7. The monoisotopic (exact) mass is 482 g/mol. The third kappa shape index (κ3) is 4.53. The molecule has 0 aliphatic carbocycles. The van der Waals surface area contributed by atoms with Gasteiger partial charge >= 0.3 is 5.97 Å². The number of aromatic nitrogens is 4. The largest absolute Gasteiger partial charge is 0.497 e. The summed E-state index contributed by atoms with van der Waals surface area (Å²) in [5.41, 5.74) is 1.86. The van der Waals surface area contributed by atoms with E-state index in [1.54, 1.807) is 19.4 Å². The number of benzene rings is 1. The number of hydrogen-bond donors (Lipinski definition) is 2. The van der Waals surface area contributed by atoms with Crippen LogP contribution in [0.1, 0.15) is 23.0 Å². The van der Waals surface area contributed by atoms with Crippen LogP contribution in [0, 0.1) is 0 Å². The topological polar surface area (TPSA) is 114 Å². The number of imidazole rings is 1. The van der Waals surface area contributed by atoms with Gasteiger partial charge in [-0.15, -0.1) is 5.10 Å². The zero-order valence-corrected chi connectivity index (χ0v) is 19.6. The first-order valence-electron chi connectivity index (χ1n) is 10.4. The standard InChI is InChI=1S/C23H23ClN6O4/c1-4-29-13-15(24)9-17(22(29)31)26-20-10-18(21-25-11-19(23(32)33)30(21)27-20)28(2)12-14-5-7-16(34-3)8-6-14/h5-11,13H,4,12H2,1-3H3,(H,26,27)(H,32,33). The van der Waals surface area contributed by atoms with Crippen molar-refractivity contribution >= 4 is 40.4 Å². The van der Waals surface area contributed by atoms with Crippen LogP contribution in [0.2, 0.25) is 5.02 Å². The molecule has 176 valence electrons. The van der Waals surface area contributed by atoms with Crippen LogP contribution < -0.4 is 20.5 Å². The second-order valence-electron chi connectivity index (χ2n) is 7.59. The van der Waals surface area contributed by atoms with E-state index in [1.807, 2.05) is 43.1 Å². The highest BCUT2D eigenvalue weighted by Crippen LogP contribution is 2.27. The fraction of sp³-hybridized carbons (Fsp3) is 0.217. The molecule has 4 rings (SSSR count). The van der Waals surface area contributed by atoms with E-state index in [0.717, 1.165) is 11.3 Å². The molecule has 0 unspecified atom stereocenters. The summed E-state index contributed by atoms with van der Waals surface area (Å²) >= 11 is 6.17. The van der Waals surface area contributed by atoms with E-state index >= 15 is 0 Å². The van der Waals surface area contributed by atoms with E-state index in [-0.39, 0.29) is 22.8 Å². The van der Waals surface area contributed by atoms with Crippen LogP contribution in [0.5, 0.6) is 5.75 Å². The number of rotatable bonds is 8. The zero-order valence-electron chi connectivity index (χ0n) is 18.8. The van der Waals surface area contributed by atoms with Gasteiger partial charge in [-0.05, 0) is 30.7 Å². The first-order valence-corrected chi connectivity index (χ1v) is 10.8. The fourth-order valence-corrected chi connectivity index (χ4v) is 3.82. The Labute approximate surface area is 200 Å². The number of pyridine rings is 1. The van der Waals surface area contributed by atoms with Gasteiger partial charge in [0.05, 0.1) is 24.0 Å². The summed E-state index contributed by atoms with van der Waals surface area (Å²) in [6, 6.07) is 10.9. The average molecular weight is 483 g/mol. The van der Waals surface area contributed by atoms with Gasteiger partial charge in [-0.3, -0.25) is 4.79 Å². The first-order chi connectivity index (χ1) is 16.3. The van der Waals surface area contributed by atoms with Crippen LogP contribution in [0.15, 0.2) is 53.6 Å². The molecule has 0 amide bonds. The highest BCUT2D eigenvalue weighted by atomic mass is 35.5. The SMILES string of the molecule is CCn1cc(Cl)cc(Nc2cc(N(C)Cc3ccc(OC)cc3)c3ncc(C(=O)O)n3n2)c1=O. The summed E-state index contributed by atoms with van der Waals surface area (Å²) in [6.07, 6.45) is 2.81. The summed E-state index contributed by atoms with van der Waals surface area (Å²) in [7, 11) is 3.47. The molecule has 0 fully saturated rings. The smallest absolute Gasteiger partial charge is 0.356 e. The molecule has 0 saturated carbocycles. The highest BCUT2D eigenvalue weighted by Gasteiger charge is 2.19. The Morgan fingerprint density at radius 2 is 2.00 bits per heavy atom. The van der Waals surface area contributed by atoms with Gasteiger partial charge in [0.15, 0.2) is 17.2 Å². The molecule has 0 atom stereocenters. The lowest BCUT2D eigenvalue weighted by atomic mass is 10.2. The molecule has 4 aromatic rings. The Morgan fingerprint density at radius 1 is 1.26 bits per heavy atom. The predicted molar refractivity (Wildman–Crippen MR) is 130 cm³/mol. The Hall–Kier alpha value is -4.05. The number of carboxylic acid groups (broad SMARTS) is 1. The lowest BCUT2D eigenvalue weighted by molar-refractivity contribution is 0.0688. The normalized spacial score (nSPS) is 10.9. The van der Waals surface area contributed by atoms with E-state index in [1.165, 1.54) is 21.3 Å². The van der Waals surface area contributed by atoms with Crippen LogP contribution in [0.25, 0.3) is 5.65 Å². The number of methoxy groups -OCH3 is 1. The molecule has 34 heavy (non-hydrogen) atoms. The number of carbonyl (C=O) groups is 1. The Kier molecular flexibility index (Phi) is 6.42. The maximum atomic E-state index is 12.7. The van der Waals surface area contributed by atoms with Gasteiger partial charge in [-0.25, -0.2) is 14.3 Å². The number of ether oxygens (including phenoxy) is 1. The van der Waals surface area contributed by atoms with Crippen LogP contribution in [0.3, 0.4) is 0 Å². The zero-order chi connectivity index (χ0) is 24.4. The minimum atomic E-state index is -1.17. The Balaban J connectivity index is 1.78. The molecule has 0 aliphatic heterocycles. The Morgan fingerprint density at radius 3 is 2.65 bits per heavy atom. The number of aryl methyl sites for hydroxylation is 1. The van der Waals surface area contributed by atoms with Crippen molar-refractivity contribution < 1.29 is 14.6 Å². The molecule has 0 bridgehead atoms. The van der Waals surface area contributed by atoms with Gasteiger partial charge < -0.3 is 24.6 Å². The second kappa shape index (κ2) is 9.44. The number of halogens is 1. The Bertz CT molecular complexity index is 1410. The summed E-state index contributed by atoms with van der Waals surface area (Å²) in [6.45, 7) is 2.79. The lowest BCUT2D eigenvalue weighted by Crippen LogP contribution is -2.22. The van der Waals surface area contributed by atoms with Gasteiger partial charge in [0.25, 0.3) is 5.56 Å². The minimum Gasteiger partial charge on any atom is -0.497 e. The number of anilines is 3. The molecule has 10 nitrogen and oxygen atoms in total. The average Bonchev–Trinajstić information content (AvgIpc) is 3.25. The van der Waals surface area contributed by atoms with Crippen LogP contribution in [-0.2, 0) is 13.1 Å². The molecule has 0 spiro atoms. The van der Waals surface area contributed by atoms with E-state index in [2.05, 4.69) is 15.4 Å².